The minimum Gasteiger partial charge on any atom is -0.476 e. The Morgan fingerprint density at radius 2 is 2.12 bits per heavy atom. The van der Waals surface area contributed by atoms with Gasteiger partial charge in [-0.15, -0.1) is 0 Å². The summed E-state index contributed by atoms with van der Waals surface area (Å²) in [5.41, 5.74) is 1.24. The predicted molar refractivity (Wildman–Crippen MR) is 86.3 cm³/mol. The summed E-state index contributed by atoms with van der Waals surface area (Å²) < 4.78 is 45.6. The Labute approximate surface area is 142 Å². The highest BCUT2D eigenvalue weighted by molar-refractivity contribution is 6.31. The molecular weight excluding hydrogens is 341 g/mol. The predicted octanol–water partition coefficient (Wildman–Crippen LogP) is 4.87. The van der Waals surface area contributed by atoms with Crippen molar-refractivity contribution in [3.63, 3.8) is 0 Å². The molecule has 0 radical (unpaired) electrons. The standard InChI is InChI=1S/C17H16ClF3N2O/c1-2-3-16-22-6-7-23(16)10-12-9-14-11(8-13(12)18)4-5-15(24-14)17(19,20)21/h4-9,15H,2-3,10H2,1H3. The molecule has 128 valence electrons. The average molecular weight is 357 g/mol. The van der Waals surface area contributed by atoms with Crippen molar-refractivity contribution >= 4 is 17.7 Å². The maximum absolute atomic E-state index is 12.8. The lowest BCUT2D eigenvalue weighted by molar-refractivity contribution is -0.180. The molecule has 0 N–H and O–H groups in total. The van der Waals surface area contributed by atoms with Gasteiger partial charge in [0.1, 0.15) is 11.6 Å². The zero-order valence-corrected chi connectivity index (χ0v) is 13.7. The van der Waals surface area contributed by atoms with Crippen molar-refractivity contribution in [3.05, 3.63) is 52.6 Å². The van der Waals surface area contributed by atoms with Crippen molar-refractivity contribution in [1.29, 1.82) is 0 Å². The Hall–Kier alpha value is -1.95. The van der Waals surface area contributed by atoms with Crippen LogP contribution >= 0.6 is 11.6 Å². The van der Waals surface area contributed by atoms with E-state index in [0.717, 1.165) is 24.7 Å². The zero-order valence-electron chi connectivity index (χ0n) is 13.0. The second kappa shape index (κ2) is 6.51. The quantitative estimate of drug-likeness (QED) is 0.781. The topological polar surface area (TPSA) is 27.1 Å². The molecule has 1 aliphatic rings. The summed E-state index contributed by atoms with van der Waals surface area (Å²) in [5.74, 6) is 1.11. The molecule has 0 aliphatic carbocycles. The second-order valence-electron chi connectivity index (χ2n) is 5.64. The summed E-state index contributed by atoms with van der Waals surface area (Å²) in [6.07, 6.45) is 1.34. The van der Waals surface area contributed by atoms with E-state index < -0.39 is 12.3 Å². The van der Waals surface area contributed by atoms with Crippen LogP contribution in [-0.2, 0) is 13.0 Å². The molecule has 2 aromatic rings. The number of rotatable bonds is 4. The Balaban J connectivity index is 1.89. The highest BCUT2D eigenvalue weighted by atomic mass is 35.5. The number of ether oxygens (including phenoxy) is 1. The smallest absolute Gasteiger partial charge is 0.429 e. The summed E-state index contributed by atoms with van der Waals surface area (Å²) in [4.78, 5) is 4.29. The fraction of sp³-hybridized carbons (Fsp3) is 0.353. The fourth-order valence-electron chi connectivity index (χ4n) is 2.63. The molecule has 3 nitrogen and oxygen atoms in total. The SMILES string of the molecule is CCCc1nccn1Cc1cc2c(cc1Cl)C=CC(C(F)(F)F)O2. The number of fused-ring (bicyclic) bond motifs is 1. The Kier molecular flexibility index (Phi) is 4.58. The van der Waals surface area contributed by atoms with E-state index in [1.807, 2.05) is 10.8 Å². The van der Waals surface area contributed by atoms with Gasteiger partial charge in [0, 0.05) is 29.4 Å². The first-order valence-corrected chi connectivity index (χ1v) is 8.00. The van der Waals surface area contributed by atoms with Crippen LogP contribution in [0.2, 0.25) is 5.02 Å². The van der Waals surface area contributed by atoms with Gasteiger partial charge in [-0.2, -0.15) is 13.2 Å². The monoisotopic (exact) mass is 356 g/mol. The van der Waals surface area contributed by atoms with E-state index in [-0.39, 0.29) is 5.75 Å². The van der Waals surface area contributed by atoms with Crippen molar-refractivity contribution < 1.29 is 17.9 Å². The molecule has 1 aliphatic heterocycles. The Morgan fingerprint density at radius 3 is 2.83 bits per heavy atom. The van der Waals surface area contributed by atoms with Crippen LogP contribution in [0.25, 0.3) is 6.08 Å². The van der Waals surface area contributed by atoms with Gasteiger partial charge >= 0.3 is 6.18 Å². The number of hydrogen-bond donors (Lipinski definition) is 0. The summed E-state index contributed by atoms with van der Waals surface area (Å²) in [7, 11) is 0. The summed E-state index contributed by atoms with van der Waals surface area (Å²) in [5, 5.41) is 0.489. The zero-order chi connectivity index (χ0) is 17.3. The van der Waals surface area contributed by atoms with Crippen molar-refractivity contribution in [2.75, 3.05) is 0 Å². The average Bonchev–Trinajstić information content (AvgIpc) is 2.94. The first-order valence-electron chi connectivity index (χ1n) is 7.62. The molecule has 0 spiro atoms. The highest BCUT2D eigenvalue weighted by Gasteiger charge is 2.41. The molecule has 2 heterocycles. The van der Waals surface area contributed by atoms with Gasteiger partial charge in [-0.05, 0) is 30.2 Å². The number of benzene rings is 1. The fourth-order valence-corrected chi connectivity index (χ4v) is 2.86. The van der Waals surface area contributed by atoms with E-state index >= 15 is 0 Å². The van der Waals surface area contributed by atoms with E-state index in [2.05, 4.69) is 11.9 Å². The molecule has 0 fully saturated rings. The molecule has 1 aromatic heterocycles. The largest absolute Gasteiger partial charge is 0.476 e. The van der Waals surface area contributed by atoms with Gasteiger partial charge in [0.15, 0.2) is 0 Å². The summed E-state index contributed by atoms with van der Waals surface area (Å²) in [6.45, 7) is 2.49. The minimum absolute atomic E-state index is 0.191. The van der Waals surface area contributed by atoms with Gasteiger partial charge in [0.25, 0.3) is 0 Å². The van der Waals surface area contributed by atoms with Gasteiger partial charge in [-0.3, -0.25) is 0 Å². The molecule has 7 heteroatoms. The number of nitrogens with zero attached hydrogens (tertiary/aromatic N) is 2. The van der Waals surface area contributed by atoms with E-state index in [4.69, 9.17) is 16.3 Å². The number of aromatic nitrogens is 2. The van der Waals surface area contributed by atoms with Crippen LogP contribution < -0.4 is 4.74 Å². The number of halogens is 4. The lowest BCUT2D eigenvalue weighted by atomic mass is 10.1. The number of alkyl halides is 3. The summed E-state index contributed by atoms with van der Waals surface area (Å²) in [6, 6.07) is 3.21. The van der Waals surface area contributed by atoms with E-state index in [9.17, 15) is 13.2 Å². The molecule has 1 aromatic carbocycles. The molecule has 1 atom stereocenters. The van der Waals surface area contributed by atoms with Crippen molar-refractivity contribution in [1.82, 2.24) is 9.55 Å². The lowest BCUT2D eigenvalue weighted by Crippen LogP contribution is -2.33. The normalized spacial score (nSPS) is 16.8. The number of aryl methyl sites for hydroxylation is 1. The van der Waals surface area contributed by atoms with Crippen LogP contribution in [0.4, 0.5) is 13.2 Å². The second-order valence-corrected chi connectivity index (χ2v) is 6.05. The van der Waals surface area contributed by atoms with Gasteiger partial charge < -0.3 is 9.30 Å². The van der Waals surface area contributed by atoms with E-state index in [1.165, 1.54) is 6.08 Å². The first-order chi connectivity index (χ1) is 11.4. The minimum atomic E-state index is -4.44. The van der Waals surface area contributed by atoms with Gasteiger partial charge in [-0.25, -0.2) is 4.98 Å². The molecular formula is C17H16ClF3N2O. The third-order valence-electron chi connectivity index (χ3n) is 3.82. The molecule has 1 unspecified atom stereocenters. The number of hydrogen-bond acceptors (Lipinski definition) is 2. The third kappa shape index (κ3) is 3.43. The third-order valence-corrected chi connectivity index (χ3v) is 4.17. The van der Waals surface area contributed by atoms with Gasteiger partial charge in [-0.1, -0.05) is 24.6 Å². The molecule has 0 bridgehead atoms. The van der Waals surface area contributed by atoms with Crippen LogP contribution in [0.15, 0.2) is 30.6 Å². The van der Waals surface area contributed by atoms with E-state index in [1.54, 1.807) is 18.3 Å². The van der Waals surface area contributed by atoms with Gasteiger partial charge in [0.2, 0.25) is 6.10 Å². The van der Waals surface area contributed by atoms with Crippen molar-refractivity contribution in [3.8, 4) is 5.75 Å². The highest BCUT2D eigenvalue weighted by Crippen LogP contribution is 2.36. The Bertz CT molecular complexity index is 768. The van der Waals surface area contributed by atoms with Crippen molar-refractivity contribution in [2.24, 2.45) is 0 Å². The van der Waals surface area contributed by atoms with Gasteiger partial charge in [0.05, 0.1) is 6.54 Å². The van der Waals surface area contributed by atoms with Crippen LogP contribution in [0.5, 0.6) is 5.75 Å². The maximum Gasteiger partial charge on any atom is 0.429 e. The first kappa shape index (κ1) is 16.9. The molecule has 0 amide bonds. The Morgan fingerprint density at radius 1 is 1.33 bits per heavy atom. The van der Waals surface area contributed by atoms with Crippen LogP contribution in [-0.4, -0.2) is 21.8 Å². The molecule has 0 saturated carbocycles. The van der Waals surface area contributed by atoms with Crippen LogP contribution in [0.3, 0.4) is 0 Å². The summed E-state index contributed by atoms with van der Waals surface area (Å²) >= 11 is 6.29. The van der Waals surface area contributed by atoms with Crippen molar-refractivity contribution in [2.45, 2.75) is 38.6 Å². The van der Waals surface area contributed by atoms with Crippen LogP contribution in [0.1, 0.15) is 30.3 Å². The maximum atomic E-state index is 12.8. The number of imidazole rings is 1. The van der Waals surface area contributed by atoms with Crippen LogP contribution in [0, 0.1) is 0 Å². The molecule has 0 saturated heterocycles. The molecule has 24 heavy (non-hydrogen) atoms. The molecule has 3 rings (SSSR count). The lowest BCUT2D eigenvalue weighted by Gasteiger charge is -2.24. The van der Waals surface area contributed by atoms with E-state index in [0.29, 0.717) is 22.7 Å².